The molecule has 0 aliphatic heterocycles. The van der Waals surface area contributed by atoms with Crippen LogP contribution in [0.5, 0.6) is 0 Å². The number of carboxylic acid groups (broad SMARTS) is 1. The maximum absolute atomic E-state index is 13.0. The number of benzene rings is 1. The number of aromatic nitrogens is 2. The van der Waals surface area contributed by atoms with Crippen LogP contribution >= 0.6 is 0 Å². The third-order valence-corrected chi connectivity index (χ3v) is 2.90. The predicted octanol–water partition coefficient (Wildman–Crippen LogP) is 1.56. The van der Waals surface area contributed by atoms with Crippen LogP contribution in [-0.2, 0) is 13.1 Å². The average molecular weight is 264 g/mol. The molecule has 0 unspecified atom stereocenters. The van der Waals surface area contributed by atoms with E-state index in [-0.39, 0.29) is 17.8 Å². The lowest BCUT2D eigenvalue weighted by Crippen LogP contribution is -2.24. The maximum Gasteiger partial charge on any atom is 0.336 e. The first-order valence-corrected chi connectivity index (χ1v) is 5.80. The van der Waals surface area contributed by atoms with Gasteiger partial charge in [-0.2, -0.15) is 0 Å². The van der Waals surface area contributed by atoms with Crippen molar-refractivity contribution in [1.29, 1.82) is 0 Å². The van der Waals surface area contributed by atoms with Crippen molar-refractivity contribution in [3.05, 3.63) is 58.0 Å². The molecule has 1 N–H and O–H groups in total. The van der Waals surface area contributed by atoms with Crippen LogP contribution in [0.3, 0.4) is 0 Å². The second-order valence-electron chi connectivity index (χ2n) is 4.10. The molecule has 0 fully saturated rings. The zero-order chi connectivity index (χ0) is 14.0. The summed E-state index contributed by atoms with van der Waals surface area (Å²) >= 11 is 0. The van der Waals surface area contributed by atoms with Crippen molar-refractivity contribution in [3.63, 3.8) is 0 Å². The molecule has 0 radical (unpaired) electrons. The Morgan fingerprint density at radius 1 is 1.32 bits per heavy atom. The molecule has 2 rings (SSSR count). The van der Waals surface area contributed by atoms with Gasteiger partial charge in [-0.15, -0.1) is 0 Å². The van der Waals surface area contributed by atoms with Gasteiger partial charge in [0.25, 0.3) is 0 Å². The molecule has 1 aromatic heterocycles. The average Bonchev–Trinajstić information content (AvgIpc) is 2.72. The van der Waals surface area contributed by atoms with Crippen molar-refractivity contribution in [3.8, 4) is 0 Å². The molecule has 19 heavy (non-hydrogen) atoms. The van der Waals surface area contributed by atoms with Gasteiger partial charge in [0.2, 0.25) is 0 Å². The van der Waals surface area contributed by atoms with Crippen LogP contribution in [0.4, 0.5) is 4.39 Å². The van der Waals surface area contributed by atoms with E-state index in [4.69, 9.17) is 5.11 Å². The third kappa shape index (κ3) is 2.57. The Labute approximate surface area is 108 Å². The number of carbonyl (C=O) groups is 1. The Morgan fingerprint density at radius 2 is 2.00 bits per heavy atom. The molecule has 0 spiro atoms. The first kappa shape index (κ1) is 13.1. The SMILES string of the molecule is CCn1ccn(Cc2ccc(F)cc2C(=O)O)c1=O. The number of nitrogens with zero attached hydrogens (tertiary/aromatic N) is 2. The van der Waals surface area contributed by atoms with E-state index in [9.17, 15) is 14.0 Å². The number of rotatable bonds is 4. The Balaban J connectivity index is 2.40. The fourth-order valence-electron chi connectivity index (χ4n) is 1.88. The lowest BCUT2D eigenvalue weighted by atomic mass is 10.1. The molecule has 0 amide bonds. The number of aryl methyl sites for hydroxylation is 1. The van der Waals surface area contributed by atoms with Crippen LogP contribution in [-0.4, -0.2) is 20.2 Å². The molecular weight excluding hydrogens is 251 g/mol. The first-order chi connectivity index (χ1) is 9.02. The number of carboxylic acids is 1. The Morgan fingerprint density at radius 3 is 2.58 bits per heavy atom. The first-order valence-electron chi connectivity index (χ1n) is 5.80. The lowest BCUT2D eigenvalue weighted by Gasteiger charge is -2.06. The van der Waals surface area contributed by atoms with Crippen LogP contribution < -0.4 is 5.69 Å². The molecule has 100 valence electrons. The molecule has 0 aliphatic carbocycles. The molecule has 5 nitrogen and oxygen atoms in total. The smallest absolute Gasteiger partial charge is 0.336 e. The number of aromatic carboxylic acids is 1. The van der Waals surface area contributed by atoms with Gasteiger partial charge in [-0.05, 0) is 24.6 Å². The fourth-order valence-corrected chi connectivity index (χ4v) is 1.88. The van der Waals surface area contributed by atoms with E-state index in [1.165, 1.54) is 21.3 Å². The van der Waals surface area contributed by atoms with E-state index in [1.807, 2.05) is 6.92 Å². The molecular formula is C13H13FN2O3. The summed E-state index contributed by atoms with van der Waals surface area (Å²) in [7, 11) is 0. The van der Waals surface area contributed by atoms with Crippen LogP contribution in [0.25, 0.3) is 0 Å². The Hall–Kier alpha value is -2.37. The van der Waals surface area contributed by atoms with Crippen LogP contribution in [0, 0.1) is 5.82 Å². The lowest BCUT2D eigenvalue weighted by molar-refractivity contribution is 0.0695. The number of imidazole rings is 1. The maximum atomic E-state index is 13.0. The molecule has 1 aromatic carbocycles. The molecule has 2 aromatic rings. The van der Waals surface area contributed by atoms with Crippen molar-refractivity contribution in [2.24, 2.45) is 0 Å². The van der Waals surface area contributed by atoms with E-state index in [1.54, 1.807) is 12.4 Å². The summed E-state index contributed by atoms with van der Waals surface area (Å²) in [5, 5.41) is 9.03. The summed E-state index contributed by atoms with van der Waals surface area (Å²) in [6.07, 6.45) is 3.22. The molecule has 6 heteroatoms. The van der Waals surface area contributed by atoms with Gasteiger partial charge >= 0.3 is 11.7 Å². The molecule has 1 heterocycles. The molecule has 0 saturated carbocycles. The highest BCUT2D eigenvalue weighted by molar-refractivity contribution is 5.89. The fraction of sp³-hybridized carbons (Fsp3) is 0.231. The van der Waals surface area contributed by atoms with Crippen molar-refractivity contribution in [2.45, 2.75) is 20.0 Å². The quantitative estimate of drug-likeness (QED) is 0.911. The number of hydrogen-bond acceptors (Lipinski definition) is 2. The molecule has 0 saturated heterocycles. The van der Waals surface area contributed by atoms with Gasteiger partial charge in [0.1, 0.15) is 5.82 Å². The van der Waals surface area contributed by atoms with E-state index in [0.717, 1.165) is 6.07 Å². The van der Waals surface area contributed by atoms with E-state index in [2.05, 4.69) is 0 Å². The summed E-state index contributed by atoms with van der Waals surface area (Å²) in [6, 6.07) is 3.53. The Bertz CT molecular complexity index is 673. The van der Waals surface area contributed by atoms with E-state index in [0.29, 0.717) is 12.1 Å². The summed E-state index contributed by atoms with van der Waals surface area (Å²) in [5.41, 5.74) is 0.0455. The number of halogens is 1. The highest BCUT2D eigenvalue weighted by Gasteiger charge is 2.13. The normalized spacial score (nSPS) is 10.6. The summed E-state index contributed by atoms with van der Waals surface area (Å²) in [5.74, 6) is -1.82. The minimum Gasteiger partial charge on any atom is -0.478 e. The standard InChI is InChI=1S/C13H13FN2O3/c1-2-15-5-6-16(13(15)19)8-9-3-4-10(14)7-11(9)12(17)18/h3-7H,2,8H2,1H3,(H,17,18). The zero-order valence-corrected chi connectivity index (χ0v) is 10.3. The summed E-state index contributed by atoms with van der Waals surface area (Å²) < 4.78 is 15.9. The topological polar surface area (TPSA) is 64.2 Å². The van der Waals surface area contributed by atoms with Gasteiger partial charge in [0.15, 0.2) is 0 Å². The van der Waals surface area contributed by atoms with Crippen molar-refractivity contribution in [2.75, 3.05) is 0 Å². The highest BCUT2D eigenvalue weighted by atomic mass is 19.1. The van der Waals surface area contributed by atoms with Gasteiger partial charge in [-0.25, -0.2) is 14.0 Å². The number of hydrogen-bond donors (Lipinski definition) is 1. The minimum absolute atomic E-state index is 0.105. The summed E-state index contributed by atoms with van der Waals surface area (Å²) in [4.78, 5) is 22.9. The van der Waals surface area contributed by atoms with Crippen LogP contribution in [0.2, 0.25) is 0 Å². The Kier molecular flexibility index (Phi) is 3.50. The minimum atomic E-state index is -1.21. The van der Waals surface area contributed by atoms with Gasteiger partial charge in [0.05, 0.1) is 12.1 Å². The van der Waals surface area contributed by atoms with Crippen molar-refractivity contribution >= 4 is 5.97 Å². The highest BCUT2D eigenvalue weighted by Crippen LogP contribution is 2.12. The predicted molar refractivity (Wildman–Crippen MR) is 66.8 cm³/mol. The van der Waals surface area contributed by atoms with Gasteiger partial charge < -0.3 is 5.11 Å². The second-order valence-corrected chi connectivity index (χ2v) is 4.10. The van der Waals surface area contributed by atoms with E-state index < -0.39 is 11.8 Å². The zero-order valence-electron chi connectivity index (χ0n) is 10.3. The van der Waals surface area contributed by atoms with Crippen LogP contribution in [0.15, 0.2) is 35.4 Å². The van der Waals surface area contributed by atoms with E-state index >= 15 is 0 Å². The van der Waals surface area contributed by atoms with Gasteiger partial charge in [0, 0.05) is 18.9 Å². The molecule has 0 bridgehead atoms. The third-order valence-electron chi connectivity index (χ3n) is 2.90. The van der Waals surface area contributed by atoms with Gasteiger partial charge in [-0.1, -0.05) is 6.07 Å². The molecule has 0 atom stereocenters. The van der Waals surface area contributed by atoms with Crippen LogP contribution in [0.1, 0.15) is 22.8 Å². The monoisotopic (exact) mass is 264 g/mol. The van der Waals surface area contributed by atoms with Crippen molar-refractivity contribution < 1.29 is 14.3 Å². The summed E-state index contributed by atoms with van der Waals surface area (Å²) in [6.45, 7) is 2.49. The van der Waals surface area contributed by atoms with Crippen molar-refractivity contribution in [1.82, 2.24) is 9.13 Å². The largest absolute Gasteiger partial charge is 0.478 e. The van der Waals surface area contributed by atoms with Gasteiger partial charge in [-0.3, -0.25) is 9.13 Å². The molecule has 0 aliphatic rings. The second kappa shape index (κ2) is 5.09.